The van der Waals surface area contributed by atoms with Gasteiger partial charge in [0.25, 0.3) is 0 Å². The highest BCUT2D eigenvalue weighted by Crippen LogP contribution is 2.35. The average Bonchev–Trinajstić information content (AvgIpc) is 2.94. The Morgan fingerprint density at radius 1 is 0.950 bits per heavy atom. The van der Waals surface area contributed by atoms with E-state index in [1.165, 1.54) is 55.5 Å². The molecule has 2 aliphatic carbocycles. The maximum atomic E-state index is 6.05. The van der Waals surface area contributed by atoms with E-state index < -0.39 is 0 Å². The molecule has 0 spiro atoms. The fourth-order valence-corrected chi connectivity index (χ4v) is 4.67. The van der Waals surface area contributed by atoms with Crippen molar-refractivity contribution in [2.24, 2.45) is 5.73 Å². The molecule has 2 saturated carbocycles. The summed E-state index contributed by atoms with van der Waals surface area (Å²) in [4.78, 5) is 1.42. The van der Waals surface area contributed by atoms with E-state index in [4.69, 9.17) is 5.73 Å². The number of benzene rings is 1. The Morgan fingerprint density at radius 3 is 2.40 bits per heavy atom. The van der Waals surface area contributed by atoms with Crippen molar-refractivity contribution in [1.82, 2.24) is 0 Å². The van der Waals surface area contributed by atoms with Crippen LogP contribution >= 0.6 is 11.8 Å². The van der Waals surface area contributed by atoms with Gasteiger partial charge in [0.1, 0.15) is 0 Å². The molecule has 0 saturated heterocycles. The van der Waals surface area contributed by atoms with Crippen molar-refractivity contribution in [1.29, 1.82) is 0 Å². The van der Waals surface area contributed by atoms with Crippen LogP contribution in [0.3, 0.4) is 0 Å². The fourth-order valence-electron chi connectivity index (χ4n) is 3.42. The molecule has 2 aliphatic rings. The van der Waals surface area contributed by atoms with Gasteiger partial charge < -0.3 is 11.1 Å². The molecule has 20 heavy (non-hydrogen) atoms. The van der Waals surface area contributed by atoms with E-state index in [0.29, 0.717) is 12.1 Å². The first-order valence-electron chi connectivity index (χ1n) is 8.08. The predicted octanol–water partition coefficient (Wildman–Crippen LogP) is 4.40. The Bertz CT molecular complexity index is 412. The SMILES string of the molecule is NC1CCCC(Nc2ccc(SC3CCCC3)cc2)C1. The maximum absolute atomic E-state index is 6.05. The molecule has 0 aromatic heterocycles. The second-order valence-electron chi connectivity index (χ2n) is 6.32. The standard InChI is InChI=1S/C17H26N2S/c18-13-4-3-5-15(12-13)19-14-8-10-17(11-9-14)20-16-6-1-2-7-16/h8-11,13,15-16,19H,1-7,12,18H2. The Hall–Kier alpha value is -0.670. The second-order valence-corrected chi connectivity index (χ2v) is 7.69. The van der Waals surface area contributed by atoms with E-state index in [1.807, 2.05) is 0 Å². The number of hydrogen-bond donors (Lipinski definition) is 2. The fraction of sp³-hybridized carbons (Fsp3) is 0.647. The van der Waals surface area contributed by atoms with Crippen molar-refractivity contribution < 1.29 is 0 Å². The molecule has 3 N–H and O–H groups in total. The van der Waals surface area contributed by atoms with Crippen LogP contribution in [0.25, 0.3) is 0 Å². The summed E-state index contributed by atoms with van der Waals surface area (Å²) < 4.78 is 0. The van der Waals surface area contributed by atoms with E-state index in [9.17, 15) is 0 Å². The van der Waals surface area contributed by atoms with Crippen molar-refractivity contribution in [3.63, 3.8) is 0 Å². The van der Waals surface area contributed by atoms with Gasteiger partial charge in [-0.1, -0.05) is 12.8 Å². The normalized spacial score (nSPS) is 27.6. The van der Waals surface area contributed by atoms with Crippen LogP contribution < -0.4 is 11.1 Å². The van der Waals surface area contributed by atoms with Gasteiger partial charge in [0, 0.05) is 27.9 Å². The Labute approximate surface area is 126 Å². The van der Waals surface area contributed by atoms with Gasteiger partial charge in [0.05, 0.1) is 0 Å². The third-order valence-electron chi connectivity index (χ3n) is 4.54. The Kier molecular flexibility index (Phi) is 4.90. The Morgan fingerprint density at radius 2 is 1.70 bits per heavy atom. The minimum Gasteiger partial charge on any atom is -0.382 e. The van der Waals surface area contributed by atoms with Crippen molar-refractivity contribution in [2.45, 2.75) is 73.6 Å². The van der Waals surface area contributed by atoms with Crippen molar-refractivity contribution in [2.75, 3.05) is 5.32 Å². The highest BCUT2D eigenvalue weighted by Gasteiger charge is 2.19. The summed E-state index contributed by atoms with van der Waals surface area (Å²) in [5.41, 5.74) is 7.30. The third kappa shape index (κ3) is 3.92. The first-order chi connectivity index (χ1) is 9.79. The monoisotopic (exact) mass is 290 g/mol. The van der Waals surface area contributed by atoms with Crippen molar-refractivity contribution in [3.8, 4) is 0 Å². The van der Waals surface area contributed by atoms with Crippen LogP contribution in [0.4, 0.5) is 5.69 Å². The predicted molar refractivity (Wildman–Crippen MR) is 88.4 cm³/mol. The van der Waals surface area contributed by atoms with Crippen LogP contribution in [0.15, 0.2) is 29.2 Å². The molecule has 2 fully saturated rings. The van der Waals surface area contributed by atoms with Gasteiger partial charge >= 0.3 is 0 Å². The molecule has 0 aliphatic heterocycles. The number of nitrogens with two attached hydrogens (primary N) is 1. The van der Waals surface area contributed by atoms with Crippen LogP contribution in [0.2, 0.25) is 0 Å². The molecule has 3 heteroatoms. The number of nitrogens with one attached hydrogen (secondary N) is 1. The summed E-state index contributed by atoms with van der Waals surface area (Å²) in [6, 6.07) is 9.96. The first-order valence-corrected chi connectivity index (χ1v) is 8.96. The van der Waals surface area contributed by atoms with Crippen LogP contribution in [0, 0.1) is 0 Å². The largest absolute Gasteiger partial charge is 0.382 e. The summed E-state index contributed by atoms with van der Waals surface area (Å²) in [7, 11) is 0. The van der Waals surface area contributed by atoms with Crippen LogP contribution in [-0.4, -0.2) is 17.3 Å². The summed E-state index contributed by atoms with van der Waals surface area (Å²) in [6.07, 6.45) is 10.4. The summed E-state index contributed by atoms with van der Waals surface area (Å²) in [6.45, 7) is 0. The highest BCUT2D eigenvalue weighted by molar-refractivity contribution is 8.00. The quantitative estimate of drug-likeness (QED) is 0.863. The number of thioether (sulfide) groups is 1. The van der Waals surface area contributed by atoms with E-state index >= 15 is 0 Å². The minimum absolute atomic E-state index is 0.387. The van der Waals surface area contributed by atoms with Gasteiger partial charge in [-0.15, -0.1) is 11.8 Å². The van der Waals surface area contributed by atoms with E-state index in [2.05, 4.69) is 41.3 Å². The van der Waals surface area contributed by atoms with Crippen molar-refractivity contribution >= 4 is 17.4 Å². The maximum Gasteiger partial charge on any atom is 0.0343 e. The summed E-state index contributed by atoms with van der Waals surface area (Å²) in [5, 5.41) is 4.49. The zero-order valence-corrected chi connectivity index (χ0v) is 13.0. The van der Waals surface area contributed by atoms with E-state index in [0.717, 1.165) is 11.7 Å². The molecule has 3 rings (SSSR count). The molecule has 0 radical (unpaired) electrons. The van der Waals surface area contributed by atoms with Crippen LogP contribution in [-0.2, 0) is 0 Å². The zero-order valence-electron chi connectivity index (χ0n) is 12.2. The molecule has 1 aromatic rings. The van der Waals surface area contributed by atoms with Gasteiger partial charge in [-0.2, -0.15) is 0 Å². The molecule has 0 heterocycles. The lowest BCUT2D eigenvalue weighted by Gasteiger charge is -2.28. The molecule has 2 nitrogen and oxygen atoms in total. The lowest BCUT2D eigenvalue weighted by molar-refractivity contribution is 0.409. The highest BCUT2D eigenvalue weighted by atomic mass is 32.2. The number of hydrogen-bond acceptors (Lipinski definition) is 3. The van der Waals surface area contributed by atoms with E-state index in [1.54, 1.807) is 0 Å². The molecule has 2 atom stereocenters. The van der Waals surface area contributed by atoms with Crippen molar-refractivity contribution in [3.05, 3.63) is 24.3 Å². The van der Waals surface area contributed by atoms with Gasteiger partial charge in [-0.05, 0) is 62.8 Å². The molecule has 0 bridgehead atoms. The smallest absolute Gasteiger partial charge is 0.0343 e. The lowest BCUT2D eigenvalue weighted by Crippen LogP contribution is -2.34. The lowest BCUT2D eigenvalue weighted by atomic mass is 9.91. The summed E-state index contributed by atoms with van der Waals surface area (Å²) >= 11 is 2.06. The van der Waals surface area contributed by atoms with Gasteiger partial charge in [-0.25, -0.2) is 0 Å². The number of rotatable bonds is 4. The summed E-state index contributed by atoms with van der Waals surface area (Å²) in [5.74, 6) is 0. The second kappa shape index (κ2) is 6.86. The van der Waals surface area contributed by atoms with E-state index in [-0.39, 0.29) is 0 Å². The molecular formula is C17H26N2S. The van der Waals surface area contributed by atoms with Gasteiger partial charge in [-0.3, -0.25) is 0 Å². The molecule has 110 valence electrons. The van der Waals surface area contributed by atoms with Crippen LogP contribution in [0.5, 0.6) is 0 Å². The first kappa shape index (κ1) is 14.3. The van der Waals surface area contributed by atoms with Gasteiger partial charge in [0.2, 0.25) is 0 Å². The zero-order chi connectivity index (χ0) is 13.8. The average molecular weight is 290 g/mol. The minimum atomic E-state index is 0.387. The molecule has 2 unspecified atom stereocenters. The number of anilines is 1. The molecular weight excluding hydrogens is 264 g/mol. The molecule has 1 aromatic carbocycles. The van der Waals surface area contributed by atoms with Crippen LogP contribution in [0.1, 0.15) is 51.4 Å². The molecule has 0 amide bonds. The Balaban J connectivity index is 1.52. The third-order valence-corrected chi connectivity index (χ3v) is 5.89. The topological polar surface area (TPSA) is 38.0 Å². The van der Waals surface area contributed by atoms with Gasteiger partial charge in [0.15, 0.2) is 0 Å².